The number of hydrogen-bond donors (Lipinski definition) is 1. The van der Waals surface area contributed by atoms with Gasteiger partial charge < -0.3 is 19.4 Å². The van der Waals surface area contributed by atoms with Crippen LogP contribution in [0.4, 0.5) is 22.8 Å². The molecule has 258 valence electrons. The fourth-order valence-electron chi connectivity index (χ4n) is 3.83. The van der Waals surface area contributed by atoms with Gasteiger partial charge in [-0.25, -0.2) is 32.4 Å². The number of alkyl halides is 3. The number of aryl methyl sites for hydroxylation is 1. The van der Waals surface area contributed by atoms with Gasteiger partial charge in [0.15, 0.2) is 5.69 Å². The van der Waals surface area contributed by atoms with E-state index in [1.165, 1.54) is 19.1 Å². The summed E-state index contributed by atoms with van der Waals surface area (Å²) in [5.74, 6) is 0. The summed E-state index contributed by atoms with van der Waals surface area (Å²) in [6, 6.07) is 12.3. The Balaban J connectivity index is 1.60. The van der Waals surface area contributed by atoms with E-state index in [1.54, 1.807) is 56.7 Å². The molecule has 2 aromatic carbocycles. The second-order valence-electron chi connectivity index (χ2n) is 11.0. The monoisotopic (exact) mass is 686 g/mol. The average molecular weight is 687 g/mol. The Bertz CT molecular complexity index is 1620. The summed E-state index contributed by atoms with van der Waals surface area (Å²) in [5.41, 5.74) is -0.343. The Morgan fingerprint density at radius 3 is 2.23 bits per heavy atom. The Morgan fingerprint density at radius 1 is 1.06 bits per heavy atom. The topological polar surface area (TPSA) is 165 Å². The standard InChI is InChI=1S/C29H35F3N5O9S/c1-7-35(37(40)46-20(3)44-27(39)45-28(4,5)6)16-17-43-26(38)34-47(41,42)23-14-12-22(13-15-23)36-24(18-25(33-36)29(30,31)32)21-10-8-19(2)9-11-21/h8-15,18,20H,7,16-17H2,1-6H3,(H,34,38)/q-1. The number of ether oxygens (including phenoxy) is 3. The number of nitrogens with one attached hydrogen (secondary N) is 1. The molecule has 1 amide bonds. The molecule has 47 heavy (non-hydrogen) atoms. The minimum absolute atomic E-state index is 0.0239. The van der Waals surface area contributed by atoms with E-state index in [4.69, 9.17) is 19.0 Å². The zero-order valence-electron chi connectivity index (χ0n) is 26.4. The Kier molecular flexibility index (Phi) is 12.0. The van der Waals surface area contributed by atoms with E-state index in [0.29, 0.717) is 5.56 Å². The number of rotatable bonds is 12. The number of likely N-dealkylation sites (N-methyl/N-ethyl adjacent to an activating group) is 1. The lowest BCUT2D eigenvalue weighted by atomic mass is 10.1. The molecule has 3 rings (SSSR count). The lowest BCUT2D eigenvalue weighted by Crippen LogP contribution is -2.43. The second-order valence-corrected chi connectivity index (χ2v) is 12.6. The number of aromatic nitrogens is 2. The highest BCUT2D eigenvalue weighted by atomic mass is 32.2. The first kappa shape index (κ1) is 37.2. The van der Waals surface area contributed by atoms with E-state index in [-0.39, 0.29) is 34.7 Å². The van der Waals surface area contributed by atoms with Crippen molar-refractivity contribution in [1.29, 1.82) is 0 Å². The van der Waals surface area contributed by atoms with Crippen molar-refractivity contribution in [3.8, 4) is 16.9 Å². The van der Waals surface area contributed by atoms with Crippen molar-refractivity contribution in [2.24, 2.45) is 0 Å². The van der Waals surface area contributed by atoms with E-state index in [0.717, 1.165) is 33.5 Å². The largest absolute Gasteiger partial charge is 0.748 e. The molecular formula is C29H35F3N5O9S-. The van der Waals surface area contributed by atoms with Crippen LogP contribution in [0.2, 0.25) is 0 Å². The first-order valence-electron chi connectivity index (χ1n) is 14.1. The minimum atomic E-state index is -4.72. The molecule has 0 radical (unpaired) electrons. The van der Waals surface area contributed by atoms with E-state index in [2.05, 4.69) is 5.10 Å². The third-order valence-corrected chi connectivity index (χ3v) is 7.35. The smallest absolute Gasteiger partial charge is 0.511 e. The number of carbonyl (C=O) groups is 2. The molecule has 0 bridgehead atoms. The van der Waals surface area contributed by atoms with Crippen molar-refractivity contribution >= 4 is 22.3 Å². The molecule has 0 fully saturated rings. The number of benzene rings is 2. The normalized spacial score (nSPS) is 13.0. The predicted octanol–water partition coefficient (Wildman–Crippen LogP) is 5.55. The summed E-state index contributed by atoms with van der Waals surface area (Å²) in [7, 11) is -4.46. The molecule has 1 unspecified atom stereocenters. The van der Waals surface area contributed by atoms with Crippen LogP contribution in [-0.2, 0) is 35.2 Å². The molecule has 0 aliphatic carbocycles. The van der Waals surface area contributed by atoms with Gasteiger partial charge in [0.05, 0.1) is 16.3 Å². The number of amides is 1. The average Bonchev–Trinajstić information content (AvgIpc) is 3.41. The summed E-state index contributed by atoms with van der Waals surface area (Å²) in [6.07, 6.45) is -8.46. The zero-order valence-corrected chi connectivity index (χ0v) is 27.2. The first-order chi connectivity index (χ1) is 21.8. The van der Waals surface area contributed by atoms with Gasteiger partial charge in [-0.3, -0.25) is 4.84 Å². The first-order valence-corrected chi connectivity index (χ1v) is 15.6. The number of hydrazine groups is 1. The van der Waals surface area contributed by atoms with Crippen molar-refractivity contribution in [1.82, 2.24) is 24.8 Å². The maximum Gasteiger partial charge on any atom is 0.511 e. The van der Waals surface area contributed by atoms with Gasteiger partial charge in [0.2, 0.25) is 6.29 Å². The fraction of sp³-hybridized carbons (Fsp3) is 0.414. The van der Waals surface area contributed by atoms with Gasteiger partial charge in [-0.15, -0.1) is 0 Å². The minimum Gasteiger partial charge on any atom is -0.748 e. The lowest BCUT2D eigenvalue weighted by Gasteiger charge is -2.38. The number of nitrogens with zero attached hydrogens (tertiary/aromatic N) is 4. The molecule has 0 aliphatic heterocycles. The van der Waals surface area contributed by atoms with Crippen molar-refractivity contribution in [3.63, 3.8) is 0 Å². The van der Waals surface area contributed by atoms with Crippen molar-refractivity contribution in [2.45, 2.75) is 64.5 Å². The van der Waals surface area contributed by atoms with Gasteiger partial charge in [-0.1, -0.05) is 36.8 Å². The SMILES string of the molecule is CCN(CCOC(=O)NS(=O)(=O)c1ccc(-n2nc(C(F)(F)F)cc2-c2ccc(C)cc2)cc1)N([O-])OC(C)OC(=O)OC(C)(C)C. The van der Waals surface area contributed by atoms with Gasteiger partial charge in [-0.05, 0) is 58.0 Å². The van der Waals surface area contributed by atoms with Crippen LogP contribution in [-0.4, -0.2) is 72.4 Å². The maximum atomic E-state index is 13.5. The number of carbonyl (C=O) groups excluding carboxylic acids is 2. The van der Waals surface area contributed by atoms with Gasteiger partial charge in [0.1, 0.15) is 12.2 Å². The van der Waals surface area contributed by atoms with Crippen LogP contribution in [0, 0.1) is 12.1 Å². The third kappa shape index (κ3) is 10.9. The molecule has 0 saturated heterocycles. The summed E-state index contributed by atoms with van der Waals surface area (Å²) >= 11 is 0. The Hall–Kier alpha value is -4.23. The van der Waals surface area contributed by atoms with E-state index < -0.39 is 52.6 Å². The van der Waals surface area contributed by atoms with Gasteiger partial charge in [0, 0.05) is 25.6 Å². The van der Waals surface area contributed by atoms with Crippen LogP contribution in [0.5, 0.6) is 0 Å². The Morgan fingerprint density at radius 2 is 1.68 bits per heavy atom. The van der Waals surface area contributed by atoms with Crippen LogP contribution in [0.1, 0.15) is 45.9 Å². The molecule has 1 aromatic heterocycles. The highest BCUT2D eigenvalue weighted by molar-refractivity contribution is 7.90. The highest BCUT2D eigenvalue weighted by Crippen LogP contribution is 2.33. The van der Waals surface area contributed by atoms with Crippen molar-refractivity contribution < 1.29 is 50.2 Å². The fourth-order valence-corrected chi connectivity index (χ4v) is 4.73. The molecule has 1 atom stereocenters. The van der Waals surface area contributed by atoms with Crippen molar-refractivity contribution in [3.05, 3.63) is 71.1 Å². The van der Waals surface area contributed by atoms with E-state index in [1.807, 2.05) is 6.92 Å². The van der Waals surface area contributed by atoms with E-state index in [9.17, 15) is 36.4 Å². The van der Waals surface area contributed by atoms with Crippen molar-refractivity contribution in [2.75, 3.05) is 19.7 Å². The third-order valence-electron chi connectivity index (χ3n) is 6.03. The molecular weight excluding hydrogens is 651 g/mol. The maximum absolute atomic E-state index is 13.5. The van der Waals surface area contributed by atoms with Crippen LogP contribution in [0.25, 0.3) is 16.9 Å². The molecule has 0 aliphatic rings. The molecule has 0 spiro atoms. The van der Waals surface area contributed by atoms with Crippen LogP contribution < -0.4 is 4.72 Å². The molecule has 0 saturated carbocycles. The molecule has 1 N–H and O–H groups in total. The summed E-state index contributed by atoms with van der Waals surface area (Å²) in [6.45, 7) is 8.96. The van der Waals surface area contributed by atoms with Crippen LogP contribution >= 0.6 is 0 Å². The molecule has 1 heterocycles. The van der Waals surface area contributed by atoms with Crippen LogP contribution in [0.3, 0.4) is 0 Å². The van der Waals surface area contributed by atoms with Gasteiger partial charge >= 0.3 is 18.4 Å². The molecule has 18 heteroatoms. The lowest BCUT2D eigenvalue weighted by molar-refractivity contribution is -0.318. The van der Waals surface area contributed by atoms with Gasteiger partial charge in [-0.2, -0.15) is 23.6 Å². The van der Waals surface area contributed by atoms with Crippen LogP contribution in [0.15, 0.2) is 59.5 Å². The number of hydrogen-bond acceptors (Lipinski definition) is 12. The number of sulfonamides is 1. The summed E-state index contributed by atoms with van der Waals surface area (Å²) in [5, 5.41) is 17.0. The second kappa shape index (κ2) is 15.1. The molecule has 3 aromatic rings. The highest BCUT2D eigenvalue weighted by Gasteiger charge is 2.35. The van der Waals surface area contributed by atoms with Gasteiger partial charge in [0.25, 0.3) is 10.0 Å². The Labute approximate surface area is 269 Å². The summed E-state index contributed by atoms with van der Waals surface area (Å²) in [4.78, 5) is 28.5. The zero-order chi connectivity index (χ0) is 35.2. The quantitative estimate of drug-likeness (QED) is 0.144. The predicted molar refractivity (Wildman–Crippen MR) is 161 cm³/mol. The molecule has 14 nitrogen and oxygen atoms in total. The summed E-state index contributed by atoms with van der Waals surface area (Å²) < 4.78 is 83.5. The number of halogens is 3. The van der Waals surface area contributed by atoms with E-state index >= 15 is 0 Å².